The second-order valence-corrected chi connectivity index (χ2v) is 12.5. The third-order valence-corrected chi connectivity index (χ3v) is 10.6. The summed E-state index contributed by atoms with van der Waals surface area (Å²) in [4.78, 5) is 49.3. The van der Waals surface area contributed by atoms with Crippen molar-refractivity contribution in [3.63, 3.8) is 0 Å². The number of ketones is 1. The monoisotopic (exact) mass is 498 g/mol. The summed E-state index contributed by atoms with van der Waals surface area (Å²) in [6.07, 6.45) is 12.4. The summed E-state index contributed by atoms with van der Waals surface area (Å²) in [5.74, 6) is 1.36. The van der Waals surface area contributed by atoms with Gasteiger partial charge in [0.1, 0.15) is 12.1 Å². The number of amides is 2. The summed E-state index contributed by atoms with van der Waals surface area (Å²) in [7, 11) is 0. The smallest absolute Gasteiger partial charge is 0.306 e. The number of carbonyl (C=O) groups excluding carboxylic acids is 4. The molecule has 2 amide bonds. The molecule has 1 heterocycles. The van der Waals surface area contributed by atoms with Crippen molar-refractivity contribution in [3.8, 4) is 0 Å². The first-order chi connectivity index (χ1) is 17.2. The van der Waals surface area contributed by atoms with Crippen LogP contribution in [0.15, 0.2) is 11.6 Å². The molecule has 2 N–H and O–H groups in total. The number of hydrogen-bond acceptors (Lipinski definition) is 5. The van der Waals surface area contributed by atoms with E-state index in [1.54, 1.807) is 0 Å². The van der Waals surface area contributed by atoms with Crippen LogP contribution in [-0.2, 0) is 23.9 Å². The van der Waals surface area contributed by atoms with Crippen molar-refractivity contribution < 1.29 is 23.9 Å². The van der Waals surface area contributed by atoms with E-state index in [0.717, 1.165) is 57.8 Å². The number of rotatable bonds is 5. The summed E-state index contributed by atoms with van der Waals surface area (Å²) in [6, 6.07) is -0.504. The van der Waals surface area contributed by atoms with Gasteiger partial charge < -0.3 is 15.4 Å². The second-order valence-electron chi connectivity index (χ2n) is 12.5. The Morgan fingerprint density at radius 2 is 1.83 bits per heavy atom. The van der Waals surface area contributed by atoms with E-state index in [9.17, 15) is 19.2 Å². The molecule has 7 nitrogen and oxygen atoms in total. The van der Waals surface area contributed by atoms with Crippen molar-refractivity contribution in [1.29, 1.82) is 0 Å². The highest BCUT2D eigenvalue weighted by Gasteiger charge is 2.59. The largest absolute Gasteiger partial charge is 0.462 e. The highest BCUT2D eigenvalue weighted by molar-refractivity contribution is 5.91. The van der Waals surface area contributed by atoms with Crippen molar-refractivity contribution in [2.45, 2.75) is 109 Å². The van der Waals surface area contributed by atoms with Gasteiger partial charge in [0.15, 0.2) is 5.78 Å². The minimum absolute atomic E-state index is 0.0143. The third-order valence-electron chi connectivity index (χ3n) is 10.6. The predicted octanol–water partition coefficient (Wildman–Crippen LogP) is 4.00. The lowest BCUT2D eigenvalue weighted by atomic mass is 9.47. The third kappa shape index (κ3) is 4.63. The number of hydrogen-bond donors (Lipinski definition) is 2. The molecule has 5 aliphatic rings. The lowest BCUT2D eigenvalue weighted by molar-refractivity contribution is -0.160. The molecule has 0 radical (unpaired) electrons. The molecule has 7 heteroatoms. The Hall–Kier alpha value is -2.18. The van der Waals surface area contributed by atoms with Crippen molar-refractivity contribution >= 4 is 23.6 Å². The van der Waals surface area contributed by atoms with Gasteiger partial charge in [-0.05, 0) is 93.5 Å². The Labute approximate surface area is 214 Å². The summed E-state index contributed by atoms with van der Waals surface area (Å²) in [5, 5.41) is 5.61. The van der Waals surface area contributed by atoms with E-state index < -0.39 is 6.04 Å². The van der Waals surface area contributed by atoms with Gasteiger partial charge in [-0.15, -0.1) is 0 Å². The summed E-state index contributed by atoms with van der Waals surface area (Å²) in [6.45, 7) is 5.35. The Morgan fingerprint density at radius 1 is 1.00 bits per heavy atom. The van der Waals surface area contributed by atoms with E-state index in [1.807, 2.05) is 6.08 Å². The first kappa shape index (κ1) is 25.5. The zero-order valence-corrected chi connectivity index (χ0v) is 21.9. The molecular weight excluding hydrogens is 456 g/mol. The molecule has 5 unspecified atom stereocenters. The average Bonchev–Trinajstić information content (AvgIpc) is 3.04. The van der Waals surface area contributed by atoms with E-state index in [1.165, 1.54) is 5.57 Å². The van der Waals surface area contributed by atoms with Crippen LogP contribution in [0.5, 0.6) is 0 Å². The number of carbonyl (C=O) groups is 4. The average molecular weight is 499 g/mol. The standard InChI is InChI=1S/C29H42N2O5/c1-28-14-12-19(32)17-18(28)6-7-20-21-8-9-24(29(21,2)15-13-22(20)28)36-26(34)11-10-25(33)31-23-5-3-4-16-30-27(23)35/h17,20-24H,3-16H2,1-2H3,(H,30,35)(H,31,33)/t20?,21?,22?,23?,24?,28-,29-/m0/s1. The van der Waals surface area contributed by atoms with Crippen LogP contribution in [0.3, 0.4) is 0 Å². The van der Waals surface area contributed by atoms with Crippen LogP contribution in [0.2, 0.25) is 0 Å². The number of ether oxygens (including phenoxy) is 1. The van der Waals surface area contributed by atoms with E-state index in [4.69, 9.17) is 4.74 Å². The maximum Gasteiger partial charge on any atom is 0.306 e. The number of nitrogens with one attached hydrogen (secondary N) is 2. The molecule has 0 bridgehead atoms. The lowest BCUT2D eigenvalue weighted by Crippen LogP contribution is -2.51. The predicted molar refractivity (Wildman–Crippen MR) is 135 cm³/mol. The molecule has 7 atom stereocenters. The van der Waals surface area contributed by atoms with Crippen LogP contribution >= 0.6 is 0 Å². The van der Waals surface area contributed by atoms with Crippen LogP contribution < -0.4 is 10.6 Å². The van der Waals surface area contributed by atoms with Gasteiger partial charge >= 0.3 is 5.97 Å². The Bertz CT molecular complexity index is 959. The Morgan fingerprint density at radius 3 is 2.67 bits per heavy atom. The Kier molecular flexibility index (Phi) is 7.03. The molecule has 5 rings (SSSR count). The highest BCUT2D eigenvalue weighted by atomic mass is 16.5. The van der Waals surface area contributed by atoms with Gasteiger partial charge in [0.05, 0.1) is 6.42 Å². The van der Waals surface area contributed by atoms with Gasteiger partial charge in [-0.25, -0.2) is 0 Å². The maximum absolute atomic E-state index is 12.8. The molecule has 4 aliphatic carbocycles. The fourth-order valence-corrected chi connectivity index (χ4v) is 8.48. The van der Waals surface area contributed by atoms with Crippen molar-refractivity contribution in [2.24, 2.45) is 28.6 Å². The lowest BCUT2D eigenvalue weighted by Gasteiger charge is -2.57. The van der Waals surface area contributed by atoms with Gasteiger partial charge in [-0.2, -0.15) is 0 Å². The molecule has 1 aliphatic heterocycles. The quantitative estimate of drug-likeness (QED) is 0.558. The van der Waals surface area contributed by atoms with Crippen molar-refractivity contribution in [2.75, 3.05) is 6.54 Å². The van der Waals surface area contributed by atoms with Crippen LogP contribution in [0, 0.1) is 28.6 Å². The molecule has 0 aromatic carbocycles. The molecule has 0 spiro atoms. The zero-order chi connectivity index (χ0) is 25.5. The Balaban J connectivity index is 1.16. The molecule has 3 saturated carbocycles. The maximum atomic E-state index is 12.8. The molecule has 1 saturated heterocycles. The minimum Gasteiger partial charge on any atom is -0.462 e. The fourth-order valence-electron chi connectivity index (χ4n) is 8.48. The normalized spacial score (nSPS) is 40.1. The molecule has 4 fully saturated rings. The first-order valence-electron chi connectivity index (χ1n) is 14.2. The molecule has 36 heavy (non-hydrogen) atoms. The van der Waals surface area contributed by atoms with Crippen molar-refractivity contribution in [1.82, 2.24) is 10.6 Å². The van der Waals surface area contributed by atoms with Gasteiger partial charge in [0.2, 0.25) is 11.8 Å². The second kappa shape index (κ2) is 9.94. The number of fused-ring (bicyclic) bond motifs is 5. The molecule has 0 aromatic rings. The SMILES string of the molecule is C[C@]12CCC3C(CCC4=CC(=O)CC[C@@]43C)C1CCC2OC(=O)CCC(=O)NC1CCCCNC1=O. The number of allylic oxidation sites excluding steroid dienone is 1. The molecular formula is C29H42N2O5. The van der Waals surface area contributed by atoms with Crippen LogP contribution in [0.1, 0.15) is 97.3 Å². The zero-order valence-electron chi connectivity index (χ0n) is 21.9. The van der Waals surface area contributed by atoms with E-state index in [-0.39, 0.29) is 47.6 Å². The van der Waals surface area contributed by atoms with Gasteiger partial charge in [-0.3, -0.25) is 19.2 Å². The van der Waals surface area contributed by atoms with Crippen LogP contribution in [0.4, 0.5) is 0 Å². The number of esters is 1. The first-order valence-corrected chi connectivity index (χ1v) is 14.2. The minimum atomic E-state index is -0.504. The summed E-state index contributed by atoms with van der Waals surface area (Å²) < 4.78 is 6.04. The molecule has 0 aromatic heterocycles. The van der Waals surface area contributed by atoms with Gasteiger partial charge in [0.25, 0.3) is 0 Å². The summed E-state index contributed by atoms with van der Waals surface area (Å²) >= 11 is 0. The highest BCUT2D eigenvalue weighted by Crippen LogP contribution is 2.65. The fraction of sp³-hybridized carbons (Fsp3) is 0.793. The van der Waals surface area contributed by atoms with Crippen molar-refractivity contribution in [3.05, 3.63) is 11.6 Å². The van der Waals surface area contributed by atoms with E-state index >= 15 is 0 Å². The van der Waals surface area contributed by atoms with Gasteiger partial charge in [0, 0.05) is 24.8 Å². The topological polar surface area (TPSA) is 102 Å². The van der Waals surface area contributed by atoms with Crippen LogP contribution in [0.25, 0.3) is 0 Å². The van der Waals surface area contributed by atoms with Crippen LogP contribution in [-0.4, -0.2) is 42.3 Å². The van der Waals surface area contributed by atoms with E-state index in [0.29, 0.717) is 42.9 Å². The van der Waals surface area contributed by atoms with Gasteiger partial charge in [-0.1, -0.05) is 19.4 Å². The molecule has 198 valence electrons. The summed E-state index contributed by atoms with van der Waals surface area (Å²) in [5.41, 5.74) is 1.51. The van der Waals surface area contributed by atoms with E-state index in [2.05, 4.69) is 24.5 Å².